The number of nitrogens with zero attached hydrogens (tertiary/aromatic N) is 1. The number of furan rings is 1. The highest BCUT2D eigenvalue weighted by molar-refractivity contribution is 5.96. The standard InChI is InChI=1S/C14H13N3O3/c1-8-6-16-13(19-8)7-17-14(18)12-5-9-4-10(15)2-3-11(9)20-12/h2-6H,7,15H2,1H3,(H,17,18). The fraction of sp³-hybridized carbons (Fsp3) is 0.143. The van der Waals surface area contributed by atoms with Gasteiger partial charge >= 0.3 is 0 Å². The number of amides is 1. The van der Waals surface area contributed by atoms with Gasteiger partial charge in [-0.05, 0) is 31.2 Å². The first-order chi connectivity index (χ1) is 9.61. The molecule has 0 radical (unpaired) electrons. The summed E-state index contributed by atoms with van der Waals surface area (Å²) < 4.78 is 10.7. The van der Waals surface area contributed by atoms with Crippen LogP contribution >= 0.6 is 0 Å². The van der Waals surface area contributed by atoms with Crippen molar-refractivity contribution in [3.05, 3.63) is 47.9 Å². The molecule has 0 fully saturated rings. The van der Waals surface area contributed by atoms with Crippen molar-refractivity contribution in [2.75, 3.05) is 5.73 Å². The highest BCUT2D eigenvalue weighted by Crippen LogP contribution is 2.21. The first-order valence-electron chi connectivity index (χ1n) is 6.10. The van der Waals surface area contributed by atoms with E-state index in [9.17, 15) is 4.79 Å². The number of rotatable bonds is 3. The summed E-state index contributed by atoms with van der Waals surface area (Å²) in [5.41, 5.74) is 6.93. The van der Waals surface area contributed by atoms with Crippen LogP contribution in [0.15, 0.2) is 39.3 Å². The molecule has 0 bridgehead atoms. The molecule has 3 aromatic rings. The average Bonchev–Trinajstić information content (AvgIpc) is 3.01. The van der Waals surface area contributed by atoms with Crippen molar-refractivity contribution in [2.24, 2.45) is 0 Å². The van der Waals surface area contributed by atoms with Crippen LogP contribution in [0.1, 0.15) is 22.2 Å². The molecule has 20 heavy (non-hydrogen) atoms. The maximum atomic E-state index is 12.0. The number of benzene rings is 1. The predicted octanol–water partition coefficient (Wildman–Crippen LogP) is 2.24. The van der Waals surface area contributed by atoms with Crippen LogP contribution < -0.4 is 11.1 Å². The van der Waals surface area contributed by atoms with E-state index in [1.165, 1.54) is 0 Å². The van der Waals surface area contributed by atoms with E-state index < -0.39 is 0 Å². The van der Waals surface area contributed by atoms with Crippen molar-refractivity contribution in [1.82, 2.24) is 10.3 Å². The number of carbonyl (C=O) groups is 1. The van der Waals surface area contributed by atoms with E-state index in [0.717, 1.165) is 5.39 Å². The Bertz CT molecular complexity index is 773. The molecule has 3 N–H and O–H groups in total. The lowest BCUT2D eigenvalue weighted by Crippen LogP contribution is -2.22. The molecule has 3 rings (SSSR count). The molecule has 0 saturated heterocycles. The maximum absolute atomic E-state index is 12.0. The third-order valence-corrected chi connectivity index (χ3v) is 2.83. The van der Waals surface area contributed by atoms with Gasteiger partial charge in [-0.25, -0.2) is 4.98 Å². The van der Waals surface area contributed by atoms with Gasteiger partial charge in [-0.1, -0.05) is 0 Å². The largest absolute Gasteiger partial charge is 0.451 e. The number of aryl methyl sites for hydroxylation is 1. The minimum Gasteiger partial charge on any atom is -0.451 e. The molecule has 2 heterocycles. The maximum Gasteiger partial charge on any atom is 0.287 e. The van der Waals surface area contributed by atoms with Gasteiger partial charge in [0, 0.05) is 11.1 Å². The second-order valence-electron chi connectivity index (χ2n) is 4.46. The number of nitrogens with one attached hydrogen (secondary N) is 1. The molecular weight excluding hydrogens is 258 g/mol. The van der Waals surface area contributed by atoms with Crippen molar-refractivity contribution in [3.63, 3.8) is 0 Å². The number of fused-ring (bicyclic) bond motifs is 1. The Labute approximate surface area is 114 Å². The van der Waals surface area contributed by atoms with Gasteiger partial charge in [0.25, 0.3) is 5.91 Å². The number of carbonyl (C=O) groups excluding carboxylic acids is 1. The molecule has 0 aliphatic heterocycles. The van der Waals surface area contributed by atoms with Crippen LogP contribution in [0.4, 0.5) is 5.69 Å². The minimum absolute atomic E-state index is 0.214. The smallest absolute Gasteiger partial charge is 0.287 e. The quantitative estimate of drug-likeness (QED) is 0.712. The first-order valence-corrected chi connectivity index (χ1v) is 6.10. The molecule has 2 aromatic heterocycles. The summed E-state index contributed by atoms with van der Waals surface area (Å²) in [6, 6.07) is 6.87. The van der Waals surface area contributed by atoms with Gasteiger partial charge in [-0.3, -0.25) is 4.79 Å². The fourth-order valence-corrected chi connectivity index (χ4v) is 1.90. The molecule has 1 amide bonds. The van der Waals surface area contributed by atoms with Crippen LogP contribution in [0, 0.1) is 6.92 Å². The number of oxazole rings is 1. The Morgan fingerprint density at radius 1 is 1.35 bits per heavy atom. The van der Waals surface area contributed by atoms with E-state index in [0.29, 0.717) is 22.9 Å². The normalized spacial score (nSPS) is 10.8. The van der Waals surface area contributed by atoms with Gasteiger partial charge in [-0.2, -0.15) is 0 Å². The predicted molar refractivity (Wildman–Crippen MR) is 73.0 cm³/mol. The van der Waals surface area contributed by atoms with E-state index >= 15 is 0 Å². The summed E-state index contributed by atoms with van der Waals surface area (Å²) in [6.07, 6.45) is 1.60. The Kier molecular flexibility index (Phi) is 2.90. The van der Waals surface area contributed by atoms with Crippen LogP contribution in [0.5, 0.6) is 0 Å². The van der Waals surface area contributed by atoms with Gasteiger partial charge in [0.1, 0.15) is 11.3 Å². The summed E-state index contributed by atoms with van der Waals surface area (Å²) in [6.45, 7) is 2.01. The van der Waals surface area contributed by atoms with Crippen LogP contribution in [0.3, 0.4) is 0 Å². The SMILES string of the molecule is Cc1cnc(CNC(=O)c2cc3cc(N)ccc3o2)o1. The molecule has 0 unspecified atom stereocenters. The topological polar surface area (TPSA) is 94.3 Å². The molecule has 6 heteroatoms. The average molecular weight is 271 g/mol. The van der Waals surface area contributed by atoms with Crippen LogP contribution in [-0.4, -0.2) is 10.9 Å². The number of hydrogen-bond donors (Lipinski definition) is 2. The summed E-state index contributed by atoms with van der Waals surface area (Å²) in [5, 5.41) is 3.48. The molecule has 0 spiro atoms. The number of anilines is 1. The van der Waals surface area contributed by atoms with E-state index in [1.54, 1.807) is 37.4 Å². The molecule has 6 nitrogen and oxygen atoms in total. The zero-order chi connectivity index (χ0) is 14.1. The lowest BCUT2D eigenvalue weighted by molar-refractivity contribution is 0.0921. The van der Waals surface area contributed by atoms with E-state index in [-0.39, 0.29) is 18.2 Å². The summed E-state index contributed by atoms with van der Waals surface area (Å²) >= 11 is 0. The number of nitrogens with two attached hydrogens (primary N) is 1. The van der Waals surface area contributed by atoms with Crippen molar-refractivity contribution in [1.29, 1.82) is 0 Å². The third kappa shape index (κ3) is 2.35. The van der Waals surface area contributed by atoms with E-state index in [1.807, 2.05) is 0 Å². The van der Waals surface area contributed by atoms with Crippen molar-refractivity contribution >= 4 is 22.6 Å². The fourth-order valence-electron chi connectivity index (χ4n) is 1.90. The number of aromatic nitrogens is 1. The lowest BCUT2D eigenvalue weighted by Gasteiger charge is -1.98. The monoisotopic (exact) mass is 271 g/mol. The van der Waals surface area contributed by atoms with Gasteiger partial charge < -0.3 is 19.9 Å². The van der Waals surface area contributed by atoms with Crippen molar-refractivity contribution < 1.29 is 13.6 Å². The zero-order valence-electron chi connectivity index (χ0n) is 10.8. The lowest BCUT2D eigenvalue weighted by atomic mass is 10.2. The van der Waals surface area contributed by atoms with Crippen molar-refractivity contribution in [3.8, 4) is 0 Å². The summed E-state index contributed by atoms with van der Waals surface area (Å²) in [4.78, 5) is 16.0. The van der Waals surface area contributed by atoms with E-state index in [4.69, 9.17) is 14.6 Å². The van der Waals surface area contributed by atoms with Crippen LogP contribution in [-0.2, 0) is 6.54 Å². The molecule has 0 aliphatic carbocycles. The molecule has 1 aromatic carbocycles. The third-order valence-electron chi connectivity index (χ3n) is 2.83. The van der Waals surface area contributed by atoms with Crippen molar-refractivity contribution in [2.45, 2.75) is 13.5 Å². The molecule has 0 atom stereocenters. The Hall–Kier alpha value is -2.76. The second kappa shape index (κ2) is 4.73. The van der Waals surface area contributed by atoms with Gasteiger partial charge in [0.05, 0.1) is 12.7 Å². The Morgan fingerprint density at radius 2 is 2.20 bits per heavy atom. The molecular formula is C14H13N3O3. The van der Waals surface area contributed by atoms with Crippen LogP contribution in [0.25, 0.3) is 11.0 Å². The number of nitrogen functional groups attached to an aromatic ring is 1. The molecule has 0 aliphatic rings. The summed E-state index contributed by atoms with van der Waals surface area (Å²) in [5.74, 6) is 1.06. The first kappa shape index (κ1) is 12.3. The van der Waals surface area contributed by atoms with E-state index in [2.05, 4.69) is 10.3 Å². The molecule has 102 valence electrons. The van der Waals surface area contributed by atoms with Gasteiger partial charge in [0.15, 0.2) is 5.76 Å². The van der Waals surface area contributed by atoms with Crippen LogP contribution in [0.2, 0.25) is 0 Å². The highest BCUT2D eigenvalue weighted by Gasteiger charge is 2.13. The minimum atomic E-state index is -0.323. The highest BCUT2D eigenvalue weighted by atomic mass is 16.4. The second-order valence-corrected chi connectivity index (χ2v) is 4.46. The Balaban J connectivity index is 1.75. The zero-order valence-corrected chi connectivity index (χ0v) is 10.8. The van der Waals surface area contributed by atoms with Gasteiger partial charge in [0.2, 0.25) is 5.89 Å². The van der Waals surface area contributed by atoms with Gasteiger partial charge in [-0.15, -0.1) is 0 Å². The molecule has 0 saturated carbocycles. The summed E-state index contributed by atoms with van der Waals surface area (Å²) in [7, 11) is 0. The Morgan fingerprint density at radius 3 is 2.95 bits per heavy atom. The number of hydrogen-bond acceptors (Lipinski definition) is 5.